The Hall–Kier alpha value is -3.15. The van der Waals surface area contributed by atoms with Crippen LogP contribution < -0.4 is 5.32 Å². The van der Waals surface area contributed by atoms with Crippen molar-refractivity contribution in [2.75, 3.05) is 25.0 Å². The van der Waals surface area contributed by atoms with Crippen molar-refractivity contribution in [1.82, 2.24) is 9.80 Å². The van der Waals surface area contributed by atoms with E-state index in [1.807, 2.05) is 50.2 Å². The Bertz CT molecular complexity index is 844. The van der Waals surface area contributed by atoms with Crippen LogP contribution in [-0.4, -0.2) is 47.2 Å². The molecule has 1 heterocycles. The molecule has 6 heteroatoms. The molecule has 3 rings (SSSR count). The number of benzene rings is 2. The standard InChI is InChI=1S/C21H23N3O3/c1-15-3-7-17(8-4-15)13-23-11-12-24(21(27)20(23)26)14-19(25)22-18-9-5-16(2)6-10-18/h3-10H,11-14H2,1-2H3,(H,22,25). The van der Waals surface area contributed by atoms with Gasteiger partial charge in [0.25, 0.3) is 0 Å². The Labute approximate surface area is 158 Å². The number of anilines is 1. The number of piperazine rings is 1. The highest BCUT2D eigenvalue weighted by Crippen LogP contribution is 2.13. The molecule has 1 saturated heterocycles. The van der Waals surface area contributed by atoms with Crippen LogP contribution in [0, 0.1) is 13.8 Å². The lowest BCUT2D eigenvalue weighted by Gasteiger charge is -2.33. The number of carbonyl (C=O) groups is 3. The summed E-state index contributed by atoms with van der Waals surface area (Å²) in [5.74, 6) is -1.51. The molecule has 1 fully saturated rings. The van der Waals surface area contributed by atoms with Gasteiger partial charge < -0.3 is 15.1 Å². The molecule has 140 valence electrons. The summed E-state index contributed by atoms with van der Waals surface area (Å²) in [7, 11) is 0. The molecule has 0 spiro atoms. The van der Waals surface area contributed by atoms with E-state index in [-0.39, 0.29) is 12.5 Å². The molecule has 2 aromatic carbocycles. The minimum atomic E-state index is -0.632. The van der Waals surface area contributed by atoms with Crippen molar-refractivity contribution < 1.29 is 14.4 Å². The number of carbonyl (C=O) groups excluding carboxylic acids is 3. The second-order valence-electron chi connectivity index (χ2n) is 6.85. The number of rotatable bonds is 5. The predicted molar refractivity (Wildman–Crippen MR) is 103 cm³/mol. The Morgan fingerprint density at radius 2 is 1.37 bits per heavy atom. The van der Waals surface area contributed by atoms with Crippen LogP contribution in [0.1, 0.15) is 16.7 Å². The van der Waals surface area contributed by atoms with E-state index in [2.05, 4.69) is 5.32 Å². The van der Waals surface area contributed by atoms with Gasteiger partial charge in [-0.3, -0.25) is 14.4 Å². The van der Waals surface area contributed by atoms with Crippen molar-refractivity contribution >= 4 is 23.4 Å². The average Bonchev–Trinajstić information content (AvgIpc) is 2.65. The number of nitrogens with zero attached hydrogens (tertiary/aromatic N) is 2. The van der Waals surface area contributed by atoms with E-state index in [0.717, 1.165) is 16.7 Å². The average molecular weight is 365 g/mol. The topological polar surface area (TPSA) is 69.7 Å². The zero-order chi connectivity index (χ0) is 19.4. The first kappa shape index (κ1) is 18.6. The molecule has 0 aliphatic carbocycles. The van der Waals surface area contributed by atoms with Gasteiger partial charge in [-0.1, -0.05) is 47.5 Å². The van der Waals surface area contributed by atoms with Gasteiger partial charge in [-0.25, -0.2) is 0 Å². The molecule has 3 amide bonds. The third kappa shape index (κ3) is 4.73. The number of hydrogen-bond donors (Lipinski definition) is 1. The first-order valence-electron chi connectivity index (χ1n) is 8.92. The summed E-state index contributed by atoms with van der Waals surface area (Å²) in [5, 5.41) is 2.75. The van der Waals surface area contributed by atoms with Crippen molar-refractivity contribution in [2.24, 2.45) is 0 Å². The largest absolute Gasteiger partial charge is 0.328 e. The van der Waals surface area contributed by atoms with Crippen LogP contribution in [-0.2, 0) is 20.9 Å². The van der Waals surface area contributed by atoms with Gasteiger partial charge in [0.1, 0.15) is 6.54 Å². The first-order chi connectivity index (χ1) is 12.9. The van der Waals surface area contributed by atoms with Gasteiger partial charge in [0.05, 0.1) is 0 Å². The minimum Gasteiger partial charge on any atom is -0.328 e. The van der Waals surface area contributed by atoms with Gasteiger partial charge in [0.2, 0.25) is 5.91 Å². The summed E-state index contributed by atoms with van der Waals surface area (Å²) in [6, 6.07) is 15.3. The summed E-state index contributed by atoms with van der Waals surface area (Å²) < 4.78 is 0. The molecule has 0 bridgehead atoms. The summed E-state index contributed by atoms with van der Waals surface area (Å²) in [5.41, 5.74) is 3.89. The molecule has 0 saturated carbocycles. The summed E-state index contributed by atoms with van der Waals surface area (Å²) in [6.45, 7) is 4.99. The fourth-order valence-electron chi connectivity index (χ4n) is 2.94. The van der Waals surface area contributed by atoms with Crippen LogP contribution in [0.5, 0.6) is 0 Å². The molecule has 1 aliphatic rings. The van der Waals surface area contributed by atoms with Crippen LogP contribution in [0.4, 0.5) is 5.69 Å². The molecule has 1 aliphatic heterocycles. The van der Waals surface area contributed by atoms with Crippen molar-refractivity contribution in [3.8, 4) is 0 Å². The van der Waals surface area contributed by atoms with Gasteiger partial charge in [-0.2, -0.15) is 0 Å². The maximum atomic E-state index is 12.4. The Kier molecular flexibility index (Phi) is 5.54. The maximum absolute atomic E-state index is 12.4. The number of aryl methyl sites for hydroxylation is 2. The molecule has 0 aromatic heterocycles. The fourth-order valence-corrected chi connectivity index (χ4v) is 2.94. The van der Waals surface area contributed by atoms with Gasteiger partial charge in [-0.15, -0.1) is 0 Å². The summed E-state index contributed by atoms with van der Waals surface area (Å²) >= 11 is 0. The van der Waals surface area contributed by atoms with Crippen molar-refractivity contribution in [3.05, 3.63) is 65.2 Å². The molecule has 0 unspecified atom stereocenters. The van der Waals surface area contributed by atoms with Crippen molar-refractivity contribution in [1.29, 1.82) is 0 Å². The van der Waals surface area contributed by atoms with E-state index in [9.17, 15) is 14.4 Å². The molecule has 27 heavy (non-hydrogen) atoms. The summed E-state index contributed by atoms with van der Waals surface area (Å²) in [4.78, 5) is 39.8. The van der Waals surface area contributed by atoms with Crippen LogP contribution >= 0.6 is 0 Å². The van der Waals surface area contributed by atoms with Gasteiger partial charge >= 0.3 is 11.8 Å². The molecule has 6 nitrogen and oxygen atoms in total. The first-order valence-corrected chi connectivity index (χ1v) is 8.92. The summed E-state index contributed by atoms with van der Waals surface area (Å²) in [6.07, 6.45) is 0. The van der Waals surface area contributed by atoms with Crippen LogP contribution in [0.2, 0.25) is 0 Å². The SMILES string of the molecule is Cc1ccc(CN2CCN(CC(=O)Nc3ccc(C)cc3)C(=O)C2=O)cc1. The van der Waals surface area contributed by atoms with E-state index in [1.54, 1.807) is 12.1 Å². The normalized spacial score (nSPS) is 14.4. The second kappa shape index (κ2) is 8.03. The van der Waals surface area contributed by atoms with Crippen LogP contribution in [0.25, 0.3) is 0 Å². The van der Waals surface area contributed by atoms with Crippen molar-refractivity contribution in [3.63, 3.8) is 0 Å². The second-order valence-corrected chi connectivity index (χ2v) is 6.85. The fraction of sp³-hybridized carbons (Fsp3) is 0.286. The minimum absolute atomic E-state index is 0.128. The highest BCUT2D eigenvalue weighted by atomic mass is 16.2. The Balaban J connectivity index is 1.55. The lowest BCUT2D eigenvalue weighted by molar-refractivity contribution is -0.157. The zero-order valence-electron chi connectivity index (χ0n) is 15.6. The molecular weight excluding hydrogens is 342 g/mol. The van der Waals surface area contributed by atoms with Gasteiger partial charge in [0.15, 0.2) is 0 Å². The van der Waals surface area contributed by atoms with E-state index < -0.39 is 11.8 Å². The lowest BCUT2D eigenvalue weighted by Crippen LogP contribution is -2.55. The van der Waals surface area contributed by atoms with Gasteiger partial charge in [0, 0.05) is 25.3 Å². The van der Waals surface area contributed by atoms with E-state index >= 15 is 0 Å². The van der Waals surface area contributed by atoms with Crippen LogP contribution in [0.15, 0.2) is 48.5 Å². The number of amides is 3. The molecule has 0 atom stereocenters. The molecular formula is C21H23N3O3. The third-order valence-electron chi connectivity index (χ3n) is 4.56. The van der Waals surface area contributed by atoms with Crippen molar-refractivity contribution in [2.45, 2.75) is 20.4 Å². The van der Waals surface area contributed by atoms with Gasteiger partial charge in [-0.05, 0) is 31.5 Å². The number of nitrogens with one attached hydrogen (secondary N) is 1. The van der Waals surface area contributed by atoms with E-state index in [4.69, 9.17) is 0 Å². The van der Waals surface area contributed by atoms with E-state index in [0.29, 0.717) is 25.3 Å². The quantitative estimate of drug-likeness (QED) is 0.825. The molecule has 2 aromatic rings. The Morgan fingerprint density at radius 3 is 2.00 bits per heavy atom. The Morgan fingerprint density at radius 1 is 0.852 bits per heavy atom. The predicted octanol–water partition coefficient (Wildman–Crippen LogP) is 2.11. The monoisotopic (exact) mass is 365 g/mol. The highest BCUT2D eigenvalue weighted by Gasteiger charge is 2.33. The highest BCUT2D eigenvalue weighted by molar-refractivity contribution is 6.35. The lowest BCUT2D eigenvalue weighted by atomic mass is 10.1. The third-order valence-corrected chi connectivity index (χ3v) is 4.56. The van der Waals surface area contributed by atoms with E-state index in [1.165, 1.54) is 9.80 Å². The molecule has 0 radical (unpaired) electrons. The maximum Gasteiger partial charge on any atom is 0.312 e. The molecule has 1 N–H and O–H groups in total. The smallest absolute Gasteiger partial charge is 0.312 e. The zero-order valence-corrected chi connectivity index (χ0v) is 15.6. The number of hydrogen-bond acceptors (Lipinski definition) is 3. The van der Waals surface area contributed by atoms with Crippen LogP contribution in [0.3, 0.4) is 0 Å².